The van der Waals surface area contributed by atoms with E-state index < -0.39 is 11.6 Å². The lowest BCUT2D eigenvalue weighted by atomic mass is 10.1. The average molecular weight is 441 g/mol. The van der Waals surface area contributed by atoms with Gasteiger partial charge < -0.3 is 14.6 Å². The summed E-state index contributed by atoms with van der Waals surface area (Å²) in [6.45, 7) is 2.56. The van der Waals surface area contributed by atoms with Crippen LogP contribution in [0, 0.1) is 18.6 Å². The predicted octanol–water partition coefficient (Wildman–Crippen LogP) is 5.32. The summed E-state index contributed by atoms with van der Waals surface area (Å²) in [5.41, 5.74) is 2.64. The van der Waals surface area contributed by atoms with E-state index in [1.165, 1.54) is 12.1 Å². The first kappa shape index (κ1) is 21.1. The number of aryl methyl sites for hydroxylation is 1. The highest BCUT2D eigenvalue weighted by atomic mass is 32.1. The maximum absolute atomic E-state index is 14.3. The lowest BCUT2D eigenvalue weighted by molar-refractivity contribution is 0.0945. The second-order valence-corrected chi connectivity index (χ2v) is 8.56. The van der Waals surface area contributed by atoms with Gasteiger partial charge in [0.15, 0.2) is 0 Å². The first-order valence-electron chi connectivity index (χ1n) is 9.90. The molecular weight excluding hydrogens is 418 g/mol. The summed E-state index contributed by atoms with van der Waals surface area (Å²) in [4.78, 5) is 14.1. The van der Waals surface area contributed by atoms with Crippen molar-refractivity contribution in [1.82, 2.24) is 9.88 Å². The van der Waals surface area contributed by atoms with E-state index in [9.17, 15) is 13.6 Å². The Hall–Kier alpha value is -3.19. The van der Waals surface area contributed by atoms with Crippen LogP contribution in [0.4, 0.5) is 8.78 Å². The summed E-state index contributed by atoms with van der Waals surface area (Å²) < 4.78 is 35.7. The third-order valence-electron chi connectivity index (χ3n) is 5.16. The zero-order valence-corrected chi connectivity index (χ0v) is 18.1. The van der Waals surface area contributed by atoms with Gasteiger partial charge in [0.1, 0.15) is 23.1 Å². The number of hydrogen-bond donors (Lipinski definition) is 1. The van der Waals surface area contributed by atoms with Gasteiger partial charge in [0.05, 0.1) is 23.9 Å². The molecule has 2 aromatic heterocycles. The molecule has 0 saturated heterocycles. The van der Waals surface area contributed by atoms with Gasteiger partial charge in [-0.2, -0.15) is 0 Å². The van der Waals surface area contributed by atoms with E-state index in [-0.39, 0.29) is 12.5 Å². The van der Waals surface area contributed by atoms with Crippen LogP contribution in [0.3, 0.4) is 0 Å². The number of para-hydroxylation sites is 1. The molecule has 4 aromatic rings. The Balaban J connectivity index is 1.57. The zero-order chi connectivity index (χ0) is 22.0. The zero-order valence-electron chi connectivity index (χ0n) is 17.2. The van der Waals surface area contributed by atoms with Gasteiger partial charge in [0.2, 0.25) is 0 Å². The molecular formula is C24H22F2N2O2S. The number of carbonyl (C=O) groups is 1. The van der Waals surface area contributed by atoms with E-state index in [1.807, 2.05) is 43.3 Å². The lowest BCUT2D eigenvalue weighted by Gasteiger charge is -2.12. The number of amides is 1. The molecule has 0 spiro atoms. The molecule has 0 atom stereocenters. The summed E-state index contributed by atoms with van der Waals surface area (Å²) in [6.07, 6.45) is 0.622. The van der Waals surface area contributed by atoms with Crippen LogP contribution in [0.1, 0.15) is 26.5 Å². The number of aromatic nitrogens is 1. The van der Waals surface area contributed by atoms with Crippen LogP contribution in [-0.4, -0.2) is 24.1 Å². The van der Waals surface area contributed by atoms with E-state index in [4.69, 9.17) is 4.74 Å². The number of fused-ring (bicyclic) bond motifs is 1. The van der Waals surface area contributed by atoms with Crippen LogP contribution in [0.2, 0.25) is 0 Å². The minimum Gasteiger partial charge on any atom is -0.496 e. The second kappa shape index (κ2) is 8.89. The third-order valence-corrected chi connectivity index (χ3v) is 6.15. The summed E-state index contributed by atoms with van der Waals surface area (Å²) in [7, 11) is 1.62. The SMILES string of the molecule is COc1ccccc1CCNC(=O)c1cc2sc(C)cc2n1Cc1ccc(F)cc1F. The van der Waals surface area contributed by atoms with Crippen molar-refractivity contribution >= 4 is 27.5 Å². The van der Waals surface area contributed by atoms with E-state index in [2.05, 4.69) is 5.32 Å². The highest BCUT2D eigenvalue weighted by Gasteiger charge is 2.19. The Morgan fingerprint density at radius 1 is 1.10 bits per heavy atom. The fraction of sp³-hybridized carbons (Fsp3) is 0.208. The largest absolute Gasteiger partial charge is 0.496 e. The number of halogens is 2. The normalized spacial score (nSPS) is 11.1. The number of hydrogen-bond acceptors (Lipinski definition) is 3. The molecule has 0 aliphatic heterocycles. The van der Waals surface area contributed by atoms with Crippen molar-refractivity contribution in [2.24, 2.45) is 0 Å². The standard InChI is InChI=1S/C24H22F2N2O2S/c1-15-11-20-23(31-15)13-21(28(20)14-17-7-8-18(25)12-19(17)26)24(29)27-10-9-16-5-3-4-6-22(16)30-2/h3-8,11-13H,9-10,14H2,1-2H3,(H,27,29). The number of carbonyl (C=O) groups excluding carboxylic acids is 1. The van der Waals surface area contributed by atoms with Gasteiger partial charge in [-0.05, 0) is 43.2 Å². The van der Waals surface area contributed by atoms with Crippen molar-refractivity contribution in [1.29, 1.82) is 0 Å². The van der Waals surface area contributed by atoms with Crippen LogP contribution < -0.4 is 10.1 Å². The molecule has 2 heterocycles. The predicted molar refractivity (Wildman–Crippen MR) is 119 cm³/mol. The molecule has 1 amide bonds. The number of ether oxygens (including phenoxy) is 1. The molecule has 4 nitrogen and oxygen atoms in total. The molecule has 0 saturated carbocycles. The maximum atomic E-state index is 14.3. The van der Waals surface area contributed by atoms with Crippen molar-refractivity contribution in [3.8, 4) is 5.75 Å². The molecule has 160 valence electrons. The van der Waals surface area contributed by atoms with Crippen LogP contribution in [0.5, 0.6) is 5.75 Å². The minimum atomic E-state index is -0.628. The number of nitrogens with zero attached hydrogens (tertiary/aromatic N) is 1. The van der Waals surface area contributed by atoms with Gasteiger partial charge >= 0.3 is 0 Å². The number of benzene rings is 2. The summed E-state index contributed by atoms with van der Waals surface area (Å²) >= 11 is 1.58. The second-order valence-electron chi connectivity index (χ2n) is 7.28. The Labute approximate surface area is 183 Å². The number of rotatable bonds is 7. The fourth-order valence-corrected chi connectivity index (χ4v) is 4.62. The van der Waals surface area contributed by atoms with Crippen LogP contribution in [0.25, 0.3) is 10.2 Å². The Morgan fingerprint density at radius 3 is 2.68 bits per heavy atom. The minimum absolute atomic E-state index is 0.140. The van der Waals surface area contributed by atoms with Crippen molar-refractivity contribution in [3.05, 3.63) is 87.9 Å². The van der Waals surface area contributed by atoms with E-state index in [0.717, 1.165) is 32.5 Å². The summed E-state index contributed by atoms with van der Waals surface area (Å²) in [5, 5.41) is 2.95. The highest BCUT2D eigenvalue weighted by molar-refractivity contribution is 7.19. The number of methoxy groups -OCH3 is 1. The molecule has 7 heteroatoms. The van der Waals surface area contributed by atoms with Crippen LogP contribution in [-0.2, 0) is 13.0 Å². The molecule has 0 aliphatic rings. The first-order chi connectivity index (χ1) is 15.0. The van der Waals surface area contributed by atoms with Gasteiger partial charge in [0, 0.05) is 23.1 Å². The molecule has 0 bridgehead atoms. The van der Waals surface area contributed by atoms with E-state index >= 15 is 0 Å². The van der Waals surface area contributed by atoms with Crippen LogP contribution in [0.15, 0.2) is 54.6 Å². The topological polar surface area (TPSA) is 43.3 Å². The molecule has 4 rings (SSSR count). The molecule has 2 aromatic carbocycles. The molecule has 0 radical (unpaired) electrons. The first-order valence-corrected chi connectivity index (χ1v) is 10.7. The van der Waals surface area contributed by atoms with Gasteiger partial charge in [-0.1, -0.05) is 24.3 Å². The van der Waals surface area contributed by atoms with Gasteiger partial charge in [0.25, 0.3) is 5.91 Å². The maximum Gasteiger partial charge on any atom is 0.267 e. The molecule has 0 fully saturated rings. The Bertz CT molecular complexity index is 1250. The van der Waals surface area contributed by atoms with Gasteiger partial charge in [-0.15, -0.1) is 11.3 Å². The summed E-state index contributed by atoms with van der Waals surface area (Å²) in [6, 6.07) is 15.0. The number of thiophene rings is 1. The fourth-order valence-electron chi connectivity index (χ4n) is 3.65. The monoisotopic (exact) mass is 440 g/mol. The Morgan fingerprint density at radius 2 is 1.90 bits per heavy atom. The molecule has 31 heavy (non-hydrogen) atoms. The molecule has 0 unspecified atom stereocenters. The Kier molecular flexibility index (Phi) is 6.04. The molecule has 0 aliphatic carbocycles. The van der Waals surface area contributed by atoms with Crippen molar-refractivity contribution in [2.75, 3.05) is 13.7 Å². The quantitative estimate of drug-likeness (QED) is 0.423. The lowest BCUT2D eigenvalue weighted by Crippen LogP contribution is -2.28. The third kappa shape index (κ3) is 4.46. The highest BCUT2D eigenvalue weighted by Crippen LogP contribution is 2.30. The van der Waals surface area contributed by atoms with Crippen molar-refractivity contribution < 1.29 is 18.3 Å². The van der Waals surface area contributed by atoms with E-state index in [1.54, 1.807) is 23.0 Å². The van der Waals surface area contributed by atoms with E-state index in [0.29, 0.717) is 24.2 Å². The van der Waals surface area contributed by atoms with Gasteiger partial charge in [-0.3, -0.25) is 4.79 Å². The van der Waals surface area contributed by atoms with Crippen molar-refractivity contribution in [3.63, 3.8) is 0 Å². The summed E-state index contributed by atoms with van der Waals surface area (Å²) in [5.74, 6) is -0.711. The molecule has 1 N–H and O–H groups in total. The smallest absolute Gasteiger partial charge is 0.267 e. The van der Waals surface area contributed by atoms with Crippen LogP contribution >= 0.6 is 11.3 Å². The average Bonchev–Trinajstić information content (AvgIpc) is 3.27. The van der Waals surface area contributed by atoms with Gasteiger partial charge in [-0.25, -0.2) is 8.78 Å². The number of nitrogens with one attached hydrogen (secondary N) is 1. The van der Waals surface area contributed by atoms with Crippen molar-refractivity contribution in [2.45, 2.75) is 19.9 Å².